The lowest BCUT2D eigenvalue weighted by molar-refractivity contribution is -0.121. The van der Waals surface area contributed by atoms with Crippen LogP contribution in [0.25, 0.3) is 0 Å². The molecule has 4 heteroatoms. The number of ether oxygens (including phenoxy) is 1. The zero-order chi connectivity index (χ0) is 15.9. The first-order valence-corrected chi connectivity index (χ1v) is 7.64. The van der Waals surface area contributed by atoms with Crippen molar-refractivity contribution in [2.75, 3.05) is 6.61 Å². The monoisotopic (exact) mass is 317 g/mol. The van der Waals surface area contributed by atoms with Crippen LogP contribution in [0.5, 0.6) is 5.75 Å². The molecule has 0 radical (unpaired) electrons. The topological polar surface area (TPSA) is 38.3 Å². The van der Waals surface area contributed by atoms with Gasteiger partial charge in [0, 0.05) is 5.02 Å². The maximum Gasteiger partial charge on any atom is 0.224 e. The molecule has 1 atom stereocenters. The Morgan fingerprint density at radius 2 is 1.95 bits per heavy atom. The number of hydrogen-bond acceptors (Lipinski definition) is 2. The van der Waals surface area contributed by atoms with Crippen LogP contribution in [0.2, 0.25) is 5.02 Å². The molecule has 0 heterocycles. The molecule has 0 spiro atoms. The SMILES string of the molecule is Cc1ccc(OC[C@@H](C)NC(=O)Cc2cccc(Cl)c2)cc1. The Kier molecular flexibility index (Phi) is 5.84. The van der Waals surface area contributed by atoms with Gasteiger partial charge in [0.2, 0.25) is 5.91 Å². The summed E-state index contributed by atoms with van der Waals surface area (Å²) < 4.78 is 5.66. The summed E-state index contributed by atoms with van der Waals surface area (Å²) in [5.74, 6) is 0.767. The highest BCUT2D eigenvalue weighted by atomic mass is 35.5. The highest BCUT2D eigenvalue weighted by molar-refractivity contribution is 6.30. The highest BCUT2D eigenvalue weighted by Gasteiger charge is 2.09. The molecule has 0 bridgehead atoms. The maximum absolute atomic E-state index is 12.0. The third kappa shape index (κ3) is 5.41. The van der Waals surface area contributed by atoms with Gasteiger partial charge in [0.05, 0.1) is 12.5 Å². The van der Waals surface area contributed by atoms with E-state index in [1.54, 1.807) is 12.1 Å². The summed E-state index contributed by atoms with van der Waals surface area (Å²) in [6.45, 7) is 4.39. The van der Waals surface area contributed by atoms with E-state index in [1.165, 1.54) is 5.56 Å². The van der Waals surface area contributed by atoms with Gasteiger partial charge in [-0.15, -0.1) is 0 Å². The van der Waals surface area contributed by atoms with Gasteiger partial charge in [-0.05, 0) is 43.7 Å². The summed E-state index contributed by atoms with van der Waals surface area (Å²) in [5.41, 5.74) is 2.09. The molecule has 0 fully saturated rings. The molecule has 3 nitrogen and oxygen atoms in total. The first kappa shape index (κ1) is 16.4. The van der Waals surface area contributed by atoms with Crippen molar-refractivity contribution in [3.05, 3.63) is 64.7 Å². The summed E-state index contributed by atoms with van der Waals surface area (Å²) >= 11 is 5.91. The Hall–Kier alpha value is -2.00. The van der Waals surface area contributed by atoms with Crippen LogP contribution in [0.1, 0.15) is 18.1 Å². The Morgan fingerprint density at radius 1 is 1.23 bits per heavy atom. The second-order valence-electron chi connectivity index (χ2n) is 5.40. The Balaban J connectivity index is 1.77. The van der Waals surface area contributed by atoms with Crippen molar-refractivity contribution in [2.45, 2.75) is 26.3 Å². The molecule has 116 valence electrons. The molecule has 1 N–H and O–H groups in total. The second kappa shape index (κ2) is 7.85. The predicted octanol–water partition coefficient (Wildman–Crippen LogP) is 3.77. The minimum absolute atomic E-state index is 0.0396. The molecule has 0 saturated heterocycles. The van der Waals surface area contributed by atoms with Gasteiger partial charge in [0.15, 0.2) is 0 Å². The number of halogens is 1. The smallest absolute Gasteiger partial charge is 0.224 e. The molecule has 0 aliphatic carbocycles. The standard InChI is InChI=1S/C18H20ClNO2/c1-13-6-8-17(9-7-13)22-12-14(2)20-18(21)11-15-4-3-5-16(19)10-15/h3-10,14H,11-12H2,1-2H3,(H,20,21)/t14-/m1/s1. The van der Waals surface area contributed by atoms with Crippen LogP contribution in [-0.4, -0.2) is 18.6 Å². The third-order valence-electron chi connectivity index (χ3n) is 3.18. The number of carbonyl (C=O) groups excluding carboxylic acids is 1. The average Bonchev–Trinajstić information content (AvgIpc) is 2.46. The zero-order valence-electron chi connectivity index (χ0n) is 12.8. The molecule has 2 rings (SSSR count). The molecule has 2 aromatic rings. The fourth-order valence-electron chi connectivity index (χ4n) is 2.06. The highest BCUT2D eigenvalue weighted by Crippen LogP contribution is 2.12. The van der Waals surface area contributed by atoms with E-state index in [9.17, 15) is 4.79 Å². The minimum Gasteiger partial charge on any atom is -0.491 e. The maximum atomic E-state index is 12.0. The molecule has 0 aromatic heterocycles. The van der Waals surface area contributed by atoms with Crippen molar-refractivity contribution in [1.29, 1.82) is 0 Å². The molecular formula is C18H20ClNO2. The number of hydrogen-bond donors (Lipinski definition) is 1. The van der Waals surface area contributed by atoms with Gasteiger partial charge in [-0.25, -0.2) is 0 Å². The Labute approximate surface area is 136 Å². The molecule has 0 unspecified atom stereocenters. The number of nitrogens with one attached hydrogen (secondary N) is 1. The average molecular weight is 318 g/mol. The third-order valence-corrected chi connectivity index (χ3v) is 3.42. The van der Waals surface area contributed by atoms with Gasteiger partial charge in [0.1, 0.15) is 12.4 Å². The van der Waals surface area contributed by atoms with Crippen LogP contribution in [0.4, 0.5) is 0 Å². The normalized spacial score (nSPS) is 11.8. The summed E-state index contributed by atoms with van der Waals surface area (Å²) in [6, 6.07) is 15.1. The van der Waals surface area contributed by atoms with Crippen molar-refractivity contribution in [3.8, 4) is 5.75 Å². The van der Waals surface area contributed by atoms with Crippen LogP contribution >= 0.6 is 11.6 Å². The van der Waals surface area contributed by atoms with E-state index in [-0.39, 0.29) is 11.9 Å². The summed E-state index contributed by atoms with van der Waals surface area (Å²) in [7, 11) is 0. The van der Waals surface area contributed by atoms with Gasteiger partial charge < -0.3 is 10.1 Å². The lowest BCUT2D eigenvalue weighted by Crippen LogP contribution is -2.37. The number of carbonyl (C=O) groups is 1. The fourth-order valence-corrected chi connectivity index (χ4v) is 2.27. The van der Waals surface area contributed by atoms with Crippen molar-refractivity contribution in [3.63, 3.8) is 0 Å². The van der Waals surface area contributed by atoms with Gasteiger partial charge in [-0.3, -0.25) is 4.79 Å². The molecule has 0 aliphatic rings. The predicted molar refractivity (Wildman–Crippen MR) is 89.4 cm³/mol. The van der Waals surface area contributed by atoms with Gasteiger partial charge in [0.25, 0.3) is 0 Å². The first-order valence-electron chi connectivity index (χ1n) is 7.26. The van der Waals surface area contributed by atoms with E-state index in [4.69, 9.17) is 16.3 Å². The van der Waals surface area contributed by atoms with E-state index in [0.29, 0.717) is 18.1 Å². The van der Waals surface area contributed by atoms with Crippen molar-refractivity contribution >= 4 is 17.5 Å². The Morgan fingerprint density at radius 3 is 2.64 bits per heavy atom. The van der Waals surface area contributed by atoms with Gasteiger partial charge >= 0.3 is 0 Å². The Bertz CT molecular complexity index is 625. The van der Waals surface area contributed by atoms with Crippen molar-refractivity contribution in [1.82, 2.24) is 5.32 Å². The van der Waals surface area contributed by atoms with E-state index < -0.39 is 0 Å². The summed E-state index contributed by atoms with van der Waals surface area (Å²) in [6.07, 6.45) is 0.315. The number of rotatable bonds is 6. The van der Waals surface area contributed by atoms with Crippen LogP contribution in [0.15, 0.2) is 48.5 Å². The van der Waals surface area contributed by atoms with Crippen molar-refractivity contribution < 1.29 is 9.53 Å². The largest absolute Gasteiger partial charge is 0.491 e. The van der Waals surface area contributed by atoms with Crippen molar-refractivity contribution in [2.24, 2.45) is 0 Å². The van der Waals surface area contributed by atoms with E-state index in [2.05, 4.69) is 5.32 Å². The quantitative estimate of drug-likeness (QED) is 0.880. The van der Waals surface area contributed by atoms with E-state index in [0.717, 1.165) is 11.3 Å². The molecular weight excluding hydrogens is 298 g/mol. The number of benzene rings is 2. The summed E-state index contributed by atoms with van der Waals surface area (Å²) in [5, 5.41) is 3.56. The lowest BCUT2D eigenvalue weighted by Gasteiger charge is -2.15. The molecule has 1 amide bonds. The van der Waals surface area contributed by atoms with Gasteiger partial charge in [-0.1, -0.05) is 41.4 Å². The lowest BCUT2D eigenvalue weighted by atomic mass is 10.1. The van der Waals surface area contributed by atoms with Crippen LogP contribution in [0.3, 0.4) is 0 Å². The van der Waals surface area contributed by atoms with Crippen LogP contribution in [0, 0.1) is 6.92 Å². The second-order valence-corrected chi connectivity index (χ2v) is 5.84. The zero-order valence-corrected chi connectivity index (χ0v) is 13.6. The van der Waals surface area contributed by atoms with Crippen LogP contribution in [-0.2, 0) is 11.2 Å². The van der Waals surface area contributed by atoms with Gasteiger partial charge in [-0.2, -0.15) is 0 Å². The summed E-state index contributed by atoms with van der Waals surface area (Å²) in [4.78, 5) is 12.0. The molecule has 22 heavy (non-hydrogen) atoms. The van der Waals surface area contributed by atoms with E-state index in [1.807, 2.05) is 50.2 Å². The minimum atomic E-state index is -0.0620. The fraction of sp³-hybridized carbons (Fsp3) is 0.278. The number of amides is 1. The molecule has 2 aromatic carbocycles. The van der Waals surface area contributed by atoms with Crippen LogP contribution < -0.4 is 10.1 Å². The number of aryl methyl sites for hydroxylation is 1. The first-order chi connectivity index (χ1) is 10.5. The molecule has 0 aliphatic heterocycles. The molecule has 0 saturated carbocycles. The van der Waals surface area contributed by atoms with E-state index >= 15 is 0 Å².